The highest BCUT2D eigenvalue weighted by Gasteiger charge is 2.25. The molecule has 0 saturated carbocycles. The van der Waals surface area contributed by atoms with Crippen LogP contribution in [0, 0.1) is 0 Å². The van der Waals surface area contributed by atoms with Gasteiger partial charge in [0.05, 0.1) is 11.8 Å². The second-order valence-electron chi connectivity index (χ2n) is 7.35. The van der Waals surface area contributed by atoms with Crippen LogP contribution in [0.5, 0.6) is 0 Å². The fourth-order valence-corrected chi connectivity index (χ4v) is 5.03. The van der Waals surface area contributed by atoms with Crippen LogP contribution in [-0.4, -0.2) is 70.2 Å². The van der Waals surface area contributed by atoms with Crippen molar-refractivity contribution in [3.63, 3.8) is 0 Å². The Balaban J connectivity index is 1.63. The van der Waals surface area contributed by atoms with Gasteiger partial charge >= 0.3 is 0 Å². The molecule has 0 aliphatic carbocycles. The van der Waals surface area contributed by atoms with Gasteiger partial charge in [0.1, 0.15) is 0 Å². The molecule has 1 fully saturated rings. The van der Waals surface area contributed by atoms with E-state index in [-0.39, 0.29) is 17.7 Å². The van der Waals surface area contributed by atoms with Crippen LogP contribution < -0.4 is 5.32 Å². The lowest BCUT2D eigenvalue weighted by molar-refractivity contribution is 0.0890. The van der Waals surface area contributed by atoms with E-state index in [9.17, 15) is 13.2 Å². The lowest BCUT2D eigenvalue weighted by atomic mass is 10.1. The molecule has 1 aromatic heterocycles. The van der Waals surface area contributed by atoms with Crippen LogP contribution in [0.15, 0.2) is 41.8 Å². The van der Waals surface area contributed by atoms with Crippen molar-refractivity contribution in [1.82, 2.24) is 15.1 Å². The van der Waals surface area contributed by atoms with Crippen molar-refractivity contribution in [3.05, 3.63) is 57.8 Å². The summed E-state index contributed by atoms with van der Waals surface area (Å²) in [5.41, 5.74) is 1.23. The van der Waals surface area contributed by atoms with Gasteiger partial charge in [-0.1, -0.05) is 18.2 Å². The lowest BCUT2D eigenvalue weighted by Crippen LogP contribution is -2.48. The van der Waals surface area contributed by atoms with Crippen molar-refractivity contribution < 1.29 is 13.2 Å². The Morgan fingerprint density at radius 1 is 1.14 bits per heavy atom. The Morgan fingerprint density at radius 2 is 1.82 bits per heavy atom. The number of sulfone groups is 1. The topological polar surface area (TPSA) is 69.7 Å². The molecule has 0 spiro atoms. The molecule has 28 heavy (non-hydrogen) atoms. The number of hydrogen-bond acceptors (Lipinski definition) is 6. The minimum atomic E-state index is -3.08. The highest BCUT2D eigenvalue weighted by molar-refractivity contribution is 7.89. The number of carbonyl (C=O) groups is 1. The van der Waals surface area contributed by atoms with Crippen LogP contribution in [0.1, 0.15) is 26.8 Å². The third-order valence-electron chi connectivity index (χ3n) is 4.95. The average Bonchev–Trinajstić information content (AvgIpc) is 3.17. The van der Waals surface area contributed by atoms with Gasteiger partial charge in [-0.15, -0.1) is 11.3 Å². The number of likely N-dealkylation sites (N-methyl/N-ethyl adjacent to an activating group) is 1. The standard InChI is InChI=1S/C20H27N3O3S2/c1-22-9-11-23(12-10-22)18(19-4-3-13-27-19)14-21-20(24)17-7-5-16(6-8-17)15-28(2,25)26/h3-8,13,18H,9-12,14-15H2,1-2H3,(H,21,24)/t18-/m0/s1. The molecule has 6 nitrogen and oxygen atoms in total. The van der Waals surface area contributed by atoms with Crippen molar-refractivity contribution in [2.45, 2.75) is 11.8 Å². The summed E-state index contributed by atoms with van der Waals surface area (Å²) in [5, 5.41) is 5.13. The van der Waals surface area contributed by atoms with Crippen molar-refractivity contribution in [1.29, 1.82) is 0 Å². The minimum Gasteiger partial charge on any atom is -0.350 e. The average molecular weight is 422 g/mol. The second kappa shape index (κ2) is 9.17. The van der Waals surface area contributed by atoms with E-state index >= 15 is 0 Å². The first-order chi connectivity index (χ1) is 13.3. The summed E-state index contributed by atoms with van der Waals surface area (Å²) in [7, 11) is -0.950. The van der Waals surface area contributed by atoms with Crippen LogP contribution in [0.25, 0.3) is 0 Å². The molecule has 0 unspecified atom stereocenters. The highest BCUT2D eigenvalue weighted by atomic mass is 32.2. The van der Waals surface area contributed by atoms with Gasteiger partial charge in [0, 0.05) is 49.4 Å². The predicted octanol–water partition coefficient (Wildman–Crippen LogP) is 2.01. The summed E-state index contributed by atoms with van der Waals surface area (Å²) >= 11 is 1.72. The van der Waals surface area contributed by atoms with Crippen LogP contribution in [-0.2, 0) is 15.6 Å². The van der Waals surface area contributed by atoms with Crippen molar-refractivity contribution in [3.8, 4) is 0 Å². The number of rotatable bonds is 7. The van der Waals surface area contributed by atoms with Crippen molar-refractivity contribution in [2.24, 2.45) is 0 Å². The zero-order valence-electron chi connectivity index (χ0n) is 16.3. The Kier molecular flexibility index (Phi) is 6.87. The minimum absolute atomic E-state index is 0.0151. The predicted molar refractivity (Wildman–Crippen MR) is 113 cm³/mol. The van der Waals surface area contributed by atoms with Gasteiger partial charge in [0.25, 0.3) is 5.91 Å². The summed E-state index contributed by atoms with van der Waals surface area (Å²) < 4.78 is 22.8. The van der Waals surface area contributed by atoms with Crippen LogP contribution in [0.4, 0.5) is 0 Å². The molecule has 3 rings (SSSR count). The lowest BCUT2D eigenvalue weighted by Gasteiger charge is -2.37. The van der Waals surface area contributed by atoms with Crippen LogP contribution in [0.2, 0.25) is 0 Å². The van der Waals surface area contributed by atoms with E-state index in [0.717, 1.165) is 26.2 Å². The molecule has 1 aromatic carbocycles. The van der Waals surface area contributed by atoms with Crippen molar-refractivity contribution in [2.75, 3.05) is 46.0 Å². The molecule has 0 bridgehead atoms. The van der Waals surface area contributed by atoms with Gasteiger partial charge in [-0.3, -0.25) is 9.69 Å². The van der Waals surface area contributed by atoms with E-state index in [1.165, 1.54) is 11.1 Å². The second-order valence-corrected chi connectivity index (χ2v) is 10.5. The summed E-state index contributed by atoms with van der Waals surface area (Å²) in [6.07, 6.45) is 1.21. The number of thiophene rings is 1. The monoisotopic (exact) mass is 421 g/mol. The molecule has 1 saturated heterocycles. The Morgan fingerprint density at radius 3 is 2.39 bits per heavy atom. The SMILES string of the molecule is CN1CCN([C@@H](CNC(=O)c2ccc(CS(C)(=O)=O)cc2)c2cccs2)CC1. The van der Waals surface area contributed by atoms with Gasteiger partial charge in [-0.25, -0.2) is 8.42 Å². The number of nitrogens with zero attached hydrogens (tertiary/aromatic N) is 2. The molecule has 2 heterocycles. The molecule has 0 radical (unpaired) electrons. The van der Waals surface area contributed by atoms with Gasteiger partial charge in [-0.2, -0.15) is 0 Å². The van der Waals surface area contributed by atoms with Crippen LogP contribution in [0.3, 0.4) is 0 Å². The Labute approximate surface area is 171 Å². The zero-order chi connectivity index (χ0) is 20.1. The Bertz CT molecular complexity index is 872. The first kappa shape index (κ1) is 21.0. The number of nitrogens with one attached hydrogen (secondary N) is 1. The highest BCUT2D eigenvalue weighted by Crippen LogP contribution is 2.25. The molecular formula is C20H27N3O3S2. The maximum atomic E-state index is 12.6. The summed E-state index contributed by atoms with van der Waals surface area (Å²) in [4.78, 5) is 18.6. The van der Waals surface area contributed by atoms with E-state index in [0.29, 0.717) is 17.7 Å². The first-order valence-electron chi connectivity index (χ1n) is 9.33. The molecule has 1 aliphatic rings. The molecule has 2 aromatic rings. The van der Waals surface area contributed by atoms with Gasteiger partial charge < -0.3 is 10.2 Å². The molecule has 8 heteroatoms. The maximum Gasteiger partial charge on any atom is 0.251 e. The van der Waals surface area contributed by atoms with Gasteiger partial charge in [-0.05, 0) is 36.2 Å². The molecule has 1 atom stereocenters. The third-order valence-corrected chi connectivity index (χ3v) is 6.78. The van der Waals surface area contributed by atoms with E-state index in [2.05, 4.69) is 33.6 Å². The van der Waals surface area contributed by atoms with E-state index < -0.39 is 9.84 Å². The number of hydrogen-bond donors (Lipinski definition) is 1. The molecule has 1 amide bonds. The largest absolute Gasteiger partial charge is 0.350 e. The Hall–Kier alpha value is -1.74. The molecule has 152 valence electrons. The third kappa shape index (κ3) is 5.88. The summed E-state index contributed by atoms with van der Waals surface area (Å²) in [6, 6.07) is 11.1. The van der Waals surface area contributed by atoms with Crippen molar-refractivity contribution >= 4 is 27.1 Å². The first-order valence-corrected chi connectivity index (χ1v) is 12.3. The van der Waals surface area contributed by atoms with E-state index in [1.54, 1.807) is 35.6 Å². The fourth-order valence-electron chi connectivity index (χ4n) is 3.37. The molecule has 1 aliphatic heterocycles. The zero-order valence-corrected chi connectivity index (χ0v) is 17.9. The summed E-state index contributed by atoms with van der Waals surface area (Å²) in [6.45, 7) is 4.56. The van der Waals surface area contributed by atoms with Gasteiger partial charge in [0.15, 0.2) is 9.84 Å². The van der Waals surface area contributed by atoms with Gasteiger partial charge in [0.2, 0.25) is 0 Å². The summed E-state index contributed by atoms with van der Waals surface area (Å²) in [5.74, 6) is -0.153. The molecule has 1 N–H and O–H groups in total. The van der Waals surface area contributed by atoms with E-state index in [1.807, 2.05) is 6.07 Å². The fraction of sp³-hybridized carbons (Fsp3) is 0.450. The van der Waals surface area contributed by atoms with Crippen LogP contribution >= 0.6 is 11.3 Å². The normalized spacial score (nSPS) is 17.4. The number of amides is 1. The quantitative estimate of drug-likeness (QED) is 0.741. The number of carbonyl (C=O) groups excluding carboxylic acids is 1. The number of piperazine rings is 1. The smallest absolute Gasteiger partial charge is 0.251 e. The maximum absolute atomic E-state index is 12.6. The van der Waals surface area contributed by atoms with E-state index in [4.69, 9.17) is 0 Å². The molecular weight excluding hydrogens is 394 g/mol. The number of benzene rings is 1.